The minimum Gasteiger partial charge on any atom is -0.386 e. The number of nitrogens with two attached hydrogens (primary N) is 1. The van der Waals surface area contributed by atoms with E-state index in [9.17, 15) is 0 Å². The molecule has 1 aliphatic rings. The van der Waals surface area contributed by atoms with Gasteiger partial charge in [0.2, 0.25) is 0 Å². The summed E-state index contributed by atoms with van der Waals surface area (Å²) in [5, 5.41) is 7.33. The fourth-order valence-electron chi connectivity index (χ4n) is 1.12. The Hall–Kier alpha value is 0.130. The van der Waals surface area contributed by atoms with Crippen molar-refractivity contribution >= 4 is 27.4 Å². The number of hydrogen-bond donors (Lipinski definition) is 2. The van der Waals surface area contributed by atoms with E-state index in [1.165, 1.54) is 0 Å². The van der Waals surface area contributed by atoms with Crippen molar-refractivity contribution in [3.05, 3.63) is 0 Å². The van der Waals surface area contributed by atoms with Crippen LogP contribution in [0.4, 0.5) is 0 Å². The van der Waals surface area contributed by atoms with E-state index in [1.54, 1.807) is 0 Å². The van der Waals surface area contributed by atoms with Crippen LogP contribution >= 0.6 is 21.6 Å². The molecule has 0 aliphatic carbocycles. The summed E-state index contributed by atoms with van der Waals surface area (Å²) in [5.74, 6) is 2.57. The second-order valence-electron chi connectivity index (χ2n) is 2.81. The van der Waals surface area contributed by atoms with E-state index in [0.717, 1.165) is 24.6 Å². The molecule has 1 saturated heterocycles. The molecule has 1 unspecified atom stereocenters. The van der Waals surface area contributed by atoms with Crippen LogP contribution < -0.4 is 5.73 Å². The summed E-state index contributed by atoms with van der Waals surface area (Å²) in [4.78, 5) is 2.27. The number of nitrogens with one attached hydrogen (secondary N) is 1. The third-order valence-corrected chi connectivity index (χ3v) is 4.37. The molecule has 3 N–H and O–H groups in total. The summed E-state index contributed by atoms with van der Waals surface area (Å²) in [5.41, 5.74) is 5.45. The van der Waals surface area contributed by atoms with Crippen molar-refractivity contribution in [2.24, 2.45) is 5.73 Å². The molecule has 1 fully saturated rings. The van der Waals surface area contributed by atoms with Gasteiger partial charge >= 0.3 is 0 Å². The normalized spacial score (nSPS) is 23.1. The van der Waals surface area contributed by atoms with E-state index in [2.05, 4.69) is 4.90 Å². The van der Waals surface area contributed by atoms with Gasteiger partial charge in [0.1, 0.15) is 5.84 Å². The molecule has 0 spiro atoms. The van der Waals surface area contributed by atoms with E-state index in [0.29, 0.717) is 0 Å². The molecule has 3 nitrogen and oxygen atoms in total. The van der Waals surface area contributed by atoms with Gasteiger partial charge in [-0.25, -0.2) is 0 Å². The fourth-order valence-corrected chi connectivity index (χ4v) is 3.13. The van der Waals surface area contributed by atoms with Crippen LogP contribution in [-0.2, 0) is 0 Å². The summed E-state index contributed by atoms with van der Waals surface area (Å²) in [7, 11) is 3.82. The van der Waals surface area contributed by atoms with Crippen molar-refractivity contribution < 1.29 is 0 Å². The lowest BCUT2D eigenvalue weighted by molar-refractivity contribution is 0.285. The molecule has 70 valence electrons. The van der Waals surface area contributed by atoms with Gasteiger partial charge in [0, 0.05) is 24.6 Å². The second kappa shape index (κ2) is 4.99. The molecule has 0 radical (unpaired) electrons. The van der Waals surface area contributed by atoms with E-state index in [-0.39, 0.29) is 11.9 Å². The smallest absolute Gasteiger partial charge is 0.108 e. The largest absolute Gasteiger partial charge is 0.386 e. The SMILES string of the molecule is CC(C(=N)N)N1CCSSCC1. The van der Waals surface area contributed by atoms with Gasteiger partial charge in [-0.1, -0.05) is 21.6 Å². The zero-order valence-corrected chi connectivity index (χ0v) is 8.88. The van der Waals surface area contributed by atoms with Crippen molar-refractivity contribution in [2.75, 3.05) is 24.6 Å². The highest BCUT2D eigenvalue weighted by atomic mass is 33.1. The molecule has 5 heteroatoms. The third kappa shape index (κ3) is 2.88. The van der Waals surface area contributed by atoms with Crippen LogP contribution in [0.25, 0.3) is 0 Å². The van der Waals surface area contributed by atoms with E-state index in [1.807, 2.05) is 28.5 Å². The molecule has 0 bridgehead atoms. The van der Waals surface area contributed by atoms with E-state index >= 15 is 0 Å². The highest BCUT2D eigenvalue weighted by molar-refractivity contribution is 8.76. The first-order chi connectivity index (χ1) is 5.72. The topological polar surface area (TPSA) is 53.1 Å². The molecule has 1 rings (SSSR count). The first-order valence-corrected chi connectivity index (χ1v) is 6.53. The Morgan fingerprint density at radius 1 is 1.42 bits per heavy atom. The molecular weight excluding hydrogens is 190 g/mol. The van der Waals surface area contributed by atoms with Crippen molar-refractivity contribution in [3.63, 3.8) is 0 Å². The van der Waals surface area contributed by atoms with Gasteiger partial charge in [-0.3, -0.25) is 10.3 Å². The van der Waals surface area contributed by atoms with Crippen LogP contribution in [-0.4, -0.2) is 41.4 Å². The molecule has 1 atom stereocenters. The Kier molecular flexibility index (Phi) is 4.25. The van der Waals surface area contributed by atoms with Crippen LogP contribution in [0.3, 0.4) is 0 Å². The summed E-state index contributed by atoms with van der Waals surface area (Å²) in [6.07, 6.45) is 0. The van der Waals surface area contributed by atoms with Gasteiger partial charge < -0.3 is 5.73 Å². The second-order valence-corrected chi connectivity index (χ2v) is 5.51. The lowest BCUT2D eigenvalue weighted by Gasteiger charge is -2.25. The van der Waals surface area contributed by atoms with Gasteiger partial charge in [0.05, 0.1) is 6.04 Å². The van der Waals surface area contributed by atoms with Crippen LogP contribution in [0.15, 0.2) is 0 Å². The molecule has 0 aromatic carbocycles. The predicted octanol–water partition coefficient (Wildman–Crippen LogP) is 1.01. The standard InChI is InChI=1S/C7H15N3S2/c1-6(7(8)9)10-2-4-11-12-5-3-10/h6H,2-5H2,1H3,(H3,8,9). The molecule has 0 aromatic heterocycles. The summed E-state index contributed by atoms with van der Waals surface area (Å²) < 4.78 is 0. The van der Waals surface area contributed by atoms with Gasteiger partial charge in [-0.2, -0.15) is 0 Å². The minimum absolute atomic E-state index is 0.115. The maximum absolute atomic E-state index is 7.33. The third-order valence-electron chi connectivity index (χ3n) is 2.00. The average Bonchev–Trinajstić information content (AvgIpc) is 2.30. The summed E-state index contributed by atoms with van der Waals surface area (Å²) in [6, 6.07) is 0.115. The van der Waals surface area contributed by atoms with Crippen molar-refractivity contribution in [2.45, 2.75) is 13.0 Å². The molecular formula is C7H15N3S2. The minimum atomic E-state index is 0.115. The van der Waals surface area contributed by atoms with Gasteiger partial charge in [-0.05, 0) is 6.92 Å². The Bertz CT molecular complexity index is 155. The lowest BCUT2D eigenvalue weighted by atomic mass is 10.2. The molecule has 0 amide bonds. The van der Waals surface area contributed by atoms with E-state index < -0.39 is 0 Å². The van der Waals surface area contributed by atoms with Crippen molar-refractivity contribution in [3.8, 4) is 0 Å². The fraction of sp³-hybridized carbons (Fsp3) is 0.857. The average molecular weight is 205 g/mol. The van der Waals surface area contributed by atoms with Crippen LogP contribution in [0.1, 0.15) is 6.92 Å². The summed E-state index contributed by atoms with van der Waals surface area (Å²) in [6.45, 7) is 4.11. The van der Waals surface area contributed by atoms with Crippen LogP contribution in [0.2, 0.25) is 0 Å². The van der Waals surface area contributed by atoms with Crippen molar-refractivity contribution in [1.82, 2.24) is 4.90 Å². The Balaban J connectivity index is 2.42. The zero-order chi connectivity index (χ0) is 8.97. The maximum atomic E-state index is 7.33. The number of nitrogens with zero attached hydrogens (tertiary/aromatic N) is 1. The molecule has 1 aliphatic heterocycles. The summed E-state index contributed by atoms with van der Waals surface area (Å²) >= 11 is 0. The van der Waals surface area contributed by atoms with Crippen LogP contribution in [0, 0.1) is 5.41 Å². The number of hydrogen-bond acceptors (Lipinski definition) is 4. The number of amidine groups is 1. The van der Waals surface area contributed by atoms with Gasteiger partial charge in [0.25, 0.3) is 0 Å². The van der Waals surface area contributed by atoms with Gasteiger partial charge in [-0.15, -0.1) is 0 Å². The molecule has 0 aromatic rings. The highest BCUT2D eigenvalue weighted by Crippen LogP contribution is 2.24. The monoisotopic (exact) mass is 205 g/mol. The molecule has 12 heavy (non-hydrogen) atoms. The Labute approximate surface area is 81.4 Å². The zero-order valence-electron chi connectivity index (χ0n) is 7.25. The maximum Gasteiger partial charge on any atom is 0.108 e. The first-order valence-electron chi connectivity index (χ1n) is 4.04. The van der Waals surface area contributed by atoms with Crippen LogP contribution in [0.5, 0.6) is 0 Å². The van der Waals surface area contributed by atoms with Crippen molar-refractivity contribution in [1.29, 1.82) is 5.41 Å². The number of rotatable bonds is 2. The Morgan fingerprint density at radius 2 is 1.92 bits per heavy atom. The lowest BCUT2D eigenvalue weighted by Crippen LogP contribution is -2.43. The van der Waals surface area contributed by atoms with E-state index in [4.69, 9.17) is 11.1 Å². The molecule has 1 heterocycles. The Morgan fingerprint density at radius 3 is 2.33 bits per heavy atom. The first kappa shape index (κ1) is 10.2. The predicted molar refractivity (Wildman–Crippen MR) is 57.9 cm³/mol. The molecule has 0 saturated carbocycles. The highest BCUT2D eigenvalue weighted by Gasteiger charge is 2.17. The van der Waals surface area contributed by atoms with Gasteiger partial charge in [0.15, 0.2) is 0 Å². The quantitative estimate of drug-likeness (QED) is 0.401.